The normalized spacial score (nSPS) is 16.2. The topological polar surface area (TPSA) is 53.1 Å². The molecule has 0 radical (unpaired) electrons. The van der Waals surface area contributed by atoms with Crippen molar-refractivity contribution in [3.05, 3.63) is 24.4 Å². The summed E-state index contributed by atoms with van der Waals surface area (Å²) in [4.78, 5) is 6.17. The van der Waals surface area contributed by atoms with Gasteiger partial charge in [-0.3, -0.25) is 0 Å². The van der Waals surface area contributed by atoms with Crippen molar-refractivity contribution in [2.75, 3.05) is 52.6 Å². The van der Waals surface area contributed by atoms with Gasteiger partial charge in [0.1, 0.15) is 32.0 Å². The molecule has 1 aliphatic heterocycles. The van der Waals surface area contributed by atoms with E-state index in [0.29, 0.717) is 46.8 Å². The molecule has 1 aromatic heterocycles. The van der Waals surface area contributed by atoms with Crippen molar-refractivity contribution < 1.29 is 18.9 Å². The first-order valence-corrected chi connectivity index (χ1v) is 9.01. The van der Waals surface area contributed by atoms with Crippen LogP contribution < -0.4 is 0 Å². The van der Waals surface area contributed by atoms with Gasteiger partial charge in [-0.1, -0.05) is 16.9 Å². The second-order valence-corrected chi connectivity index (χ2v) is 6.61. The van der Waals surface area contributed by atoms with Crippen molar-refractivity contribution in [3.63, 3.8) is 0 Å². The molecular weight excluding hydrogens is 312 g/mol. The Morgan fingerprint density at radius 3 is 2.81 bits per heavy atom. The molecule has 0 atom stereocenters. The second-order valence-electron chi connectivity index (χ2n) is 4.18. The molecule has 1 aromatic rings. The number of nitrogens with zero attached hydrogens (tertiary/aromatic N) is 2. The first-order chi connectivity index (χ1) is 10.4. The highest BCUT2D eigenvalue weighted by Crippen LogP contribution is 2.28. The van der Waals surface area contributed by atoms with Crippen LogP contribution in [0.4, 0.5) is 0 Å². The third kappa shape index (κ3) is 8.01. The molecule has 0 amide bonds. The Bertz CT molecular complexity index is 366. The van der Waals surface area contributed by atoms with Crippen LogP contribution in [0, 0.1) is 0 Å². The Balaban J connectivity index is 1.35. The number of hydrogen-bond acceptors (Lipinski definition) is 8. The van der Waals surface area contributed by atoms with Gasteiger partial charge in [-0.05, 0) is 22.9 Å². The molecule has 0 saturated carbocycles. The predicted octanol–water partition coefficient (Wildman–Crippen LogP) is 2.03. The van der Waals surface area contributed by atoms with E-state index in [1.165, 1.54) is 0 Å². The number of rotatable bonds is 10. The zero-order chi connectivity index (χ0) is 14.6. The summed E-state index contributed by atoms with van der Waals surface area (Å²) in [6.45, 7) is 3.88. The van der Waals surface area contributed by atoms with Gasteiger partial charge >= 0.3 is 0 Å². The first-order valence-electron chi connectivity index (χ1n) is 6.69. The minimum atomic E-state index is 0.369. The molecule has 2 heterocycles. The molecule has 118 valence electrons. The largest absolute Gasteiger partial charge is 0.378 e. The summed E-state index contributed by atoms with van der Waals surface area (Å²) in [5, 5.41) is 1.02. The molecule has 0 bridgehead atoms. The summed E-state index contributed by atoms with van der Waals surface area (Å²) in [7, 11) is 3.41. The highest BCUT2D eigenvalue weighted by Gasteiger charge is 2.09. The molecular formula is C13H20N2O4S2. The van der Waals surface area contributed by atoms with Crippen LogP contribution in [0.25, 0.3) is 0 Å². The zero-order valence-corrected chi connectivity index (χ0v) is 13.4. The maximum atomic E-state index is 5.50. The van der Waals surface area contributed by atoms with Gasteiger partial charge in [0, 0.05) is 11.9 Å². The van der Waals surface area contributed by atoms with Crippen molar-refractivity contribution in [2.24, 2.45) is 0 Å². The highest BCUT2D eigenvalue weighted by atomic mass is 33.1. The molecule has 1 saturated heterocycles. The molecule has 21 heavy (non-hydrogen) atoms. The predicted molar refractivity (Wildman–Crippen MR) is 82.8 cm³/mol. The van der Waals surface area contributed by atoms with Gasteiger partial charge in [0.25, 0.3) is 0 Å². The third-order valence-corrected chi connectivity index (χ3v) is 4.68. The summed E-state index contributed by atoms with van der Waals surface area (Å²) < 4.78 is 21.2. The lowest BCUT2D eigenvalue weighted by molar-refractivity contribution is -0.206. The van der Waals surface area contributed by atoms with Crippen molar-refractivity contribution in [3.8, 4) is 0 Å². The average molecular weight is 332 g/mol. The van der Waals surface area contributed by atoms with E-state index >= 15 is 0 Å². The molecule has 8 heteroatoms. The van der Waals surface area contributed by atoms with E-state index in [0.717, 1.165) is 10.8 Å². The lowest BCUT2D eigenvalue weighted by Gasteiger charge is -2.25. The van der Waals surface area contributed by atoms with Crippen molar-refractivity contribution in [2.45, 2.75) is 5.03 Å². The van der Waals surface area contributed by atoms with Crippen LogP contribution in [0.5, 0.6) is 0 Å². The van der Waals surface area contributed by atoms with Gasteiger partial charge in [-0.25, -0.2) is 9.88 Å². The summed E-state index contributed by atoms with van der Waals surface area (Å²) in [6.07, 6.45) is 1.80. The molecule has 0 spiro atoms. The summed E-state index contributed by atoms with van der Waals surface area (Å²) >= 11 is 0. The summed E-state index contributed by atoms with van der Waals surface area (Å²) in [5.41, 5.74) is 0. The minimum Gasteiger partial charge on any atom is -0.378 e. The molecule has 2 rings (SSSR count). The molecule has 6 nitrogen and oxygen atoms in total. The summed E-state index contributed by atoms with van der Waals surface area (Å²) in [5.74, 6) is 0.926. The molecule has 0 aliphatic carbocycles. The fraction of sp³-hybridized carbons (Fsp3) is 0.615. The van der Waals surface area contributed by atoms with Crippen LogP contribution in [0.2, 0.25) is 0 Å². The van der Waals surface area contributed by atoms with E-state index in [1.54, 1.807) is 27.8 Å². The standard InChI is InChI=1S/C13H20N2O4S2/c1-2-4-14-13(3-1)21-20-8-7-16-5-6-17-9-15-10-18-12-19-11-15/h1-4H,5-12H2. The van der Waals surface area contributed by atoms with Gasteiger partial charge in [0.2, 0.25) is 0 Å². The van der Waals surface area contributed by atoms with Crippen LogP contribution in [-0.2, 0) is 18.9 Å². The van der Waals surface area contributed by atoms with Gasteiger partial charge in [-0.2, -0.15) is 0 Å². The highest BCUT2D eigenvalue weighted by molar-refractivity contribution is 8.76. The second kappa shape index (κ2) is 11.2. The lowest BCUT2D eigenvalue weighted by atomic mass is 10.5. The average Bonchev–Trinajstić information content (AvgIpc) is 2.55. The van der Waals surface area contributed by atoms with Crippen molar-refractivity contribution >= 4 is 21.6 Å². The Hall–Kier alpha value is -0.350. The Labute approximate surface area is 132 Å². The quantitative estimate of drug-likeness (QED) is 0.476. The fourth-order valence-electron chi connectivity index (χ4n) is 1.51. The molecule has 1 fully saturated rings. The van der Waals surface area contributed by atoms with Crippen LogP contribution in [0.3, 0.4) is 0 Å². The van der Waals surface area contributed by atoms with Crippen LogP contribution in [0.15, 0.2) is 29.4 Å². The SMILES string of the molecule is c1ccc(SSCCOCCOCN2COCOC2)nc1. The fourth-order valence-corrected chi connectivity index (χ4v) is 3.25. The van der Waals surface area contributed by atoms with E-state index < -0.39 is 0 Å². The summed E-state index contributed by atoms with van der Waals surface area (Å²) in [6, 6.07) is 5.91. The van der Waals surface area contributed by atoms with Gasteiger partial charge < -0.3 is 18.9 Å². The number of ether oxygens (including phenoxy) is 4. The number of aromatic nitrogens is 1. The lowest BCUT2D eigenvalue weighted by Crippen LogP contribution is -2.36. The van der Waals surface area contributed by atoms with E-state index in [2.05, 4.69) is 4.98 Å². The third-order valence-electron chi connectivity index (χ3n) is 2.45. The van der Waals surface area contributed by atoms with Crippen LogP contribution >= 0.6 is 21.6 Å². The van der Waals surface area contributed by atoms with Gasteiger partial charge in [-0.15, -0.1) is 0 Å². The molecule has 0 N–H and O–H groups in total. The maximum absolute atomic E-state index is 5.50. The van der Waals surface area contributed by atoms with E-state index in [-0.39, 0.29) is 0 Å². The van der Waals surface area contributed by atoms with E-state index in [4.69, 9.17) is 18.9 Å². The van der Waals surface area contributed by atoms with Crippen molar-refractivity contribution in [1.82, 2.24) is 9.88 Å². The Morgan fingerprint density at radius 2 is 2.00 bits per heavy atom. The Kier molecular flexibility index (Phi) is 9.11. The molecule has 0 unspecified atom stereocenters. The number of hydrogen-bond donors (Lipinski definition) is 0. The smallest absolute Gasteiger partial charge is 0.150 e. The first kappa shape index (κ1) is 17.0. The van der Waals surface area contributed by atoms with Gasteiger partial charge in [0.15, 0.2) is 0 Å². The van der Waals surface area contributed by atoms with Crippen LogP contribution in [0.1, 0.15) is 0 Å². The maximum Gasteiger partial charge on any atom is 0.150 e. The number of pyridine rings is 1. The molecule has 1 aliphatic rings. The van der Waals surface area contributed by atoms with E-state index in [9.17, 15) is 0 Å². The molecule has 0 aromatic carbocycles. The Morgan fingerprint density at radius 1 is 1.14 bits per heavy atom. The van der Waals surface area contributed by atoms with Crippen molar-refractivity contribution in [1.29, 1.82) is 0 Å². The van der Waals surface area contributed by atoms with Crippen LogP contribution in [-0.4, -0.2) is 62.4 Å². The van der Waals surface area contributed by atoms with E-state index in [1.807, 2.05) is 23.1 Å². The van der Waals surface area contributed by atoms with Gasteiger partial charge in [0.05, 0.1) is 19.8 Å². The minimum absolute atomic E-state index is 0.369. The zero-order valence-electron chi connectivity index (χ0n) is 11.8. The monoisotopic (exact) mass is 332 g/mol.